The van der Waals surface area contributed by atoms with E-state index >= 15 is 0 Å². The summed E-state index contributed by atoms with van der Waals surface area (Å²) < 4.78 is 13.0. The third kappa shape index (κ3) is 3.67. The zero-order valence-electron chi connectivity index (χ0n) is 11.1. The summed E-state index contributed by atoms with van der Waals surface area (Å²) in [7, 11) is 0. The van der Waals surface area contributed by atoms with Crippen molar-refractivity contribution >= 4 is 27.5 Å². The van der Waals surface area contributed by atoms with E-state index in [1.807, 2.05) is 24.3 Å². The number of aryl methyl sites for hydroxylation is 2. The van der Waals surface area contributed by atoms with Gasteiger partial charge in [-0.15, -0.1) is 0 Å². The Kier molecular flexibility index (Phi) is 4.90. The summed E-state index contributed by atoms with van der Waals surface area (Å²) in [6.45, 7) is 1.72. The van der Waals surface area contributed by atoms with Crippen LogP contribution >= 0.6 is 15.9 Å². The first kappa shape index (κ1) is 14.7. The summed E-state index contributed by atoms with van der Waals surface area (Å²) >= 11 is 3.39. The van der Waals surface area contributed by atoms with E-state index < -0.39 is 0 Å². The van der Waals surface area contributed by atoms with Gasteiger partial charge in [0.1, 0.15) is 5.82 Å². The molecular weight excluding hydrogens is 321 g/mol. The minimum Gasteiger partial charge on any atom is -0.322 e. The van der Waals surface area contributed by atoms with Gasteiger partial charge in [-0.2, -0.15) is 0 Å². The molecule has 0 saturated heterocycles. The van der Waals surface area contributed by atoms with Crippen molar-refractivity contribution in [1.29, 1.82) is 0 Å². The molecule has 0 aromatic heterocycles. The molecule has 0 fully saturated rings. The fraction of sp³-hybridized carbons (Fsp3) is 0.188. The van der Waals surface area contributed by atoms with Crippen LogP contribution in [0, 0.1) is 12.7 Å². The molecule has 0 aliphatic heterocycles. The van der Waals surface area contributed by atoms with Crippen LogP contribution in [0.5, 0.6) is 0 Å². The van der Waals surface area contributed by atoms with Crippen LogP contribution in [-0.4, -0.2) is 11.2 Å². The number of hydrogen-bond donors (Lipinski definition) is 1. The fourth-order valence-corrected chi connectivity index (χ4v) is 2.40. The van der Waals surface area contributed by atoms with E-state index in [4.69, 9.17) is 0 Å². The number of hydrogen-bond acceptors (Lipinski definition) is 1. The van der Waals surface area contributed by atoms with E-state index in [-0.39, 0.29) is 11.7 Å². The van der Waals surface area contributed by atoms with Gasteiger partial charge in [0.2, 0.25) is 0 Å². The Bertz CT molecular complexity index is 610. The third-order valence-electron chi connectivity index (χ3n) is 3.03. The maximum Gasteiger partial charge on any atom is 0.255 e. The van der Waals surface area contributed by atoms with E-state index in [1.165, 1.54) is 23.8 Å². The lowest BCUT2D eigenvalue weighted by Crippen LogP contribution is -2.13. The van der Waals surface area contributed by atoms with Crippen molar-refractivity contribution in [3.8, 4) is 0 Å². The van der Waals surface area contributed by atoms with Gasteiger partial charge in [-0.05, 0) is 54.8 Å². The average Bonchev–Trinajstić information content (AvgIpc) is 2.41. The van der Waals surface area contributed by atoms with E-state index in [1.54, 1.807) is 6.92 Å². The topological polar surface area (TPSA) is 29.1 Å². The number of carbonyl (C=O) groups excluding carboxylic acids is 1. The van der Waals surface area contributed by atoms with Gasteiger partial charge in [0.25, 0.3) is 5.91 Å². The van der Waals surface area contributed by atoms with Gasteiger partial charge >= 0.3 is 0 Å². The second kappa shape index (κ2) is 6.66. The molecule has 0 heterocycles. The van der Waals surface area contributed by atoms with Gasteiger partial charge in [0.05, 0.1) is 0 Å². The molecule has 0 saturated carbocycles. The predicted molar refractivity (Wildman–Crippen MR) is 83.0 cm³/mol. The quantitative estimate of drug-likeness (QED) is 0.828. The number of anilines is 1. The number of amides is 1. The smallest absolute Gasteiger partial charge is 0.255 e. The summed E-state index contributed by atoms with van der Waals surface area (Å²) in [5, 5.41) is 3.72. The van der Waals surface area contributed by atoms with E-state index in [2.05, 4.69) is 21.2 Å². The highest BCUT2D eigenvalue weighted by atomic mass is 79.9. The summed E-state index contributed by atoms with van der Waals surface area (Å²) in [5.74, 6) is -0.561. The molecule has 0 bridgehead atoms. The predicted octanol–water partition coefficient (Wildman–Crippen LogP) is 4.32. The molecule has 2 aromatic carbocycles. The number of rotatable bonds is 4. The third-order valence-corrected chi connectivity index (χ3v) is 3.42. The van der Waals surface area contributed by atoms with Gasteiger partial charge in [0, 0.05) is 16.6 Å². The van der Waals surface area contributed by atoms with Gasteiger partial charge in [-0.1, -0.05) is 28.1 Å². The van der Waals surface area contributed by atoms with Crippen LogP contribution in [-0.2, 0) is 6.42 Å². The van der Waals surface area contributed by atoms with Crippen molar-refractivity contribution in [2.24, 2.45) is 0 Å². The molecule has 0 atom stereocenters. The molecule has 4 heteroatoms. The Morgan fingerprint density at radius 3 is 2.50 bits per heavy atom. The first-order valence-corrected chi connectivity index (χ1v) is 7.44. The molecule has 0 radical (unpaired) electrons. The molecule has 104 valence electrons. The van der Waals surface area contributed by atoms with Crippen LogP contribution < -0.4 is 5.32 Å². The lowest BCUT2D eigenvalue weighted by molar-refractivity contribution is 0.102. The second-order valence-electron chi connectivity index (χ2n) is 4.55. The highest BCUT2D eigenvalue weighted by molar-refractivity contribution is 9.09. The summed E-state index contributed by atoms with van der Waals surface area (Å²) in [6, 6.07) is 11.8. The number of nitrogens with one attached hydrogen (secondary N) is 1. The van der Waals surface area contributed by atoms with Crippen molar-refractivity contribution < 1.29 is 9.18 Å². The second-order valence-corrected chi connectivity index (χ2v) is 5.34. The number of alkyl halides is 1. The van der Waals surface area contributed by atoms with E-state index in [0.717, 1.165) is 17.4 Å². The molecule has 1 amide bonds. The Morgan fingerprint density at radius 2 is 1.90 bits per heavy atom. The summed E-state index contributed by atoms with van der Waals surface area (Å²) in [6.07, 6.45) is 0.950. The van der Waals surface area contributed by atoms with Crippen LogP contribution in [0.25, 0.3) is 0 Å². The summed E-state index contributed by atoms with van der Waals surface area (Å²) in [4.78, 5) is 12.1. The molecular formula is C16H15BrFNO. The molecule has 0 aliphatic rings. The first-order valence-electron chi connectivity index (χ1n) is 6.32. The lowest BCUT2D eigenvalue weighted by atomic mass is 10.1. The largest absolute Gasteiger partial charge is 0.322 e. The van der Waals surface area contributed by atoms with Crippen molar-refractivity contribution in [2.45, 2.75) is 13.3 Å². The van der Waals surface area contributed by atoms with Crippen LogP contribution in [0.4, 0.5) is 10.1 Å². The minimum atomic E-state index is -0.335. The van der Waals surface area contributed by atoms with Crippen LogP contribution in [0.2, 0.25) is 0 Å². The van der Waals surface area contributed by atoms with Crippen LogP contribution in [0.15, 0.2) is 42.5 Å². The van der Waals surface area contributed by atoms with Crippen molar-refractivity contribution in [3.05, 3.63) is 65.0 Å². The zero-order valence-corrected chi connectivity index (χ0v) is 12.7. The Hall–Kier alpha value is -1.68. The number of carbonyl (C=O) groups is 1. The van der Waals surface area contributed by atoms with Gasteiger partial charge < -0.3 is 5.32 Å². The van der Waals surface area contributed by atoms with E-state index in [0.29, 0.717) is 11.1 Å². The maximum absolute atomic E-state index is 13.0. The van der Waals surface area contributed by atoms with Crippen molar-refractivity contribution in [2.75, 3.05) is 10.6 Å². The van der Waals surface area contributed by atoms with Crippen molar-refractivity contribution in [3.63, 3.8) is 0 Å². The van der Waals surface area contributed by atoms with Crippen molar-refractivity contribution in [1.82, 2.24) is 0 Å². The van der Waals surface area contributed by atoms with Gasteiger partial charge in [-0.3, -0.25) is 4.79 Å². The first-order chi connectivity index (χ1) is 9.60. The molecule has 0 spiro atoms. The Balaban J connectivity index is 2.11. The highest BCUT2D eigenvalue weighted by Crippen LogP contribution is 2.15. The molecule has 0 unspecified atom stereocenters. The average molecular weight is 336 g/mol. The molecule has 2 rings (SSSR count). The molecule has 0 aliphatic carbocycles. The zero-order chi connectivity index (χ0) is 14.5. The maximum atomic E-state index is 13.0. The van der Waals surface area contributed by atoms with Crippen LogP contribution in [0.1, 0.15) is 21.5 Å². The molecule has 2 nitrogen and oxygen atoms in total. The Morgan fingerprint density at radius 1 is 1.20 bits per heavy atom. The number of halogens is 2. The summed E-state index contributed by atoms with van der Waals surface area (Å²) in [5.41, 5.74) is 3.05. The Labute approximate surface area is 126 Å². The molecule has 2 aromatic rings. The normalized spacial score (nSPS) is 10.3. The van der Waals surface area contributed by atoms with Gasteiger partial charge in [0.15, 0.2) is 0 Å². The van der Waals surface area contributed by atoms with Crippen LogP contribution in [0.3, 0.4) is 0 Å². The number of benzene rings is 2. The van der Waals surface area contributed by atoms with Gasteiger partial charge in [-0.25, -0.2) is 4.39 Å². The SMILES string of the molecule is Cc1cc(F)ccc1C(=O)Nc1ccc(CCBr)cc1. The highest BCUT2D eigenvalue weighted by Gasteiger charge is 2.09. The monoisotopic (exact) mass is 335 g/mol. The lowest BCUT2D eigenvalue weighted by Gasteiger charge is -2.08. The standard InChI is InChI=1S/C16H15BrFNO/c1-11-10-13(18)4-7-15(11)16(20)19-14-5-2-12(3-6-14)8-9-17/h2-7,10H,8-9H2,1H3,(H,19,20). The molecule has 20 heavy (non-hydrogen) atoms. The van der Waals surface area contributed by atoms with E-state index in [9.17, 15) is 9.18 Å². The molecule has 1 N–H and O–H groups in total. The fourth-order valence-electron chi connectivity index (χ4n) is 1.94. The minimum absolute atomic E-state index is 0.226.